The molecule has 1 heterocycles. The van der Waals surface area contributed by atoms with E-state index in [4.69, 9.17) is 4.42 Å². The predicted molar refractivity (Wildman–Crippen MR) is 93.8 cm³/mol. The number of nitrogens with zero attached hydrogens (tertiary/aromatic N) is 2. The molecule has 0 unspecified atom stereocenters. The number of rotatable bonds is 7. The van der Waals surface area contributed by atoms with Crippen molar-refractivity contribution in [3.8, 4) is 22.5 Å². The highest BCUT2D eigenvalue weighted by molar-refractivity contribution is 5.85. The Hall–Kier alpha value is -2.63. The zero-order chi connectivity index (χ0) is 16.8. The van der Waals surface area contributed by atoms with Gasteiger partial charge in [-0.15, -0.1) is 0 Å². The van der Waals surface area contributed by atoms with Crippen LogP contribution in [0, 0.1) is 0 Å². The summed E-state index contributed by atoms with van der Waals surface area (Å²) < 4.78 is 5.67. The van der Waals surface area contributed by atoms with Crippen molar-refractivity contribution in [1.82, 2.24) is 4.98 Å². The first kappa shape index (κ1) is 16.2. The molecule has 0 aliphatic carbocycles. The number of aromatic nitrogens is 1. The molecule has 5 heteroatoms. The highest BCUT2D eigenvalue weighted by atomic mass is 16.3. The van der Waals surface area contributed by atoms with Crippen LogP contribution in [0.5, 0.6) is 0 Å². The van der Waals surface area contributed by atoms with Crippen molar-refractivity contribution >= 4 is 5.82 Å². The number of hydrogen-bond donors (Lipinski definition) is 2. The highest BCUT2D eigenvalue weighted by Gasteiger charge is 2.19. The van der Waals surface area contributed by atoms with E-state index in [0.717, 1.165) is 16.7 Å². The summed E-state index contributed by atoms with van der Waals surface area (Å²) in [5.41, 5.74) is 3.06. The first-order valence-electron chi connectivity index (χ1n) is 7.90. The molecule has 2 N–H and O–H groups in total. The lowest BCUT2D eigenvalue weighted by Gasteiger charge is -2.21. The van der Waals surface area contributed by atoms with Crippen LogP contribution in [0.1, 0.15) is 0 Å². The fourth-order valence-electron chi connectivity index (χ4n) is 2.77. The summed E-state index contributed by atoms with van der Waals surface area (Å²) >= 11 is 0. The van der Waals surface area contributed by atoms with Crippen molar-refractivity contribution in [2.45, 2.75) is 0 Å². The van der Waals surface area contributed by atoms with Gasteiger partial charge in [0.05, 0.1) is 13.2 Å². The van der Waals surface area contributed by atoms with Gasteiger partial charge in [0.1, 0.15) is 0 Å². The van der Waals surface area contributed by atoms with E-state index >= 15 is 0 Å². The summed E-state index contributed by atoms with van der Waals surface area (Å²) in [4.78, 5) is 6.12. The average Bonchev–Trinajstić information content (AvgIpc) is 3.12. The Morgan fingerprint density at radius 2 is 1.46 bits per heavy atom. The maximum Gasteiger partial charge on any atom is 0.183 e. The molecule has 124 valence electrons. The van der Waals surface area contributed by atoms with E-state index in [2.05, 4.69) is 4.98 Å². The Labute approximate surface area is 140 Å². The fraction of sp³-hybridized carbons (Fsp3) is 0.211. The summed E-state index contributed by atoms with van der Waals surface area (Å²) in [6, 6.07) is 18.0. The Bertz CT molecular complexity index is 765. The van der Waals surface area contributed by atoms with Gasteiger partial charge in [-0.25, -0.2) is 0 Å². The van der Waals surface area contributed by atoms with Crippen molar-refractivity contribution in [1.29, 1.82) is 0 Å². The minimum Gasteiger partial charge on any atom is -0.441 e. The van der Waals surface area contributed by atoms with E-state index < -0.39 is 0 Å². The molecule has 2 aromatic carbocycles. The molecular formula is C19H20N2O3. The molecule has 0 bridgehead atoms. The lowest BCUT2D eigenvalue weighted by molar-refractivity contribution is 0.280. The summed E-state index contributed by atoms with van der Waals surface area (Å²) in [5.74, 6) is 1.26. The van der Waals surface area contributed by atoms with Gasteiger partial charge in [-0.3, -0.25) is 0 Å². The Kier molecular flexibility index (Phi) is 5.25. The lowest BCUT2D eigenvalue weighted by Crippen LogP contribution is -2.30. The number of anilines is 1. The van der Waals surface area contributed by atoms with Crippen molar-refractivity contribution in [3.63, 3.8) is 0 Å². The average molecular weight is 324 g/mol. The normalized spacial score (nSPS) is 10.8. The molecular weight excluding hydrogens is 304 g/mol. The second kappa shape index (κ2) is 7.77. The van der Waals surface area contributed by atoms with Gasteiger partial charge in [0, 0.05) is 18.7 Å². The van der Waals surface area contributed by atoms with Crippen LogP contribution in [0.25, 0.3) is 22.5 Å². The van der Waals surface area contributed by atoms with E-state index in [-0.39, 0.29) is 13.2 Å². The Morgan fingerprint density at radius 1 is 0.833 bits per heavy atom. The zero-order valence-corrected chi connectivity index (χ0v) is 13.3. The first-order chi connectivity index (χ1) is 11.8. The molecule has 24 heavy (non-hydrogen) atoms. The summed E-state index contributed by atoms with van der Waals surface area (Å²) in [7, 11) is 0. The topological polar surface area (TPSA) is 69.7 Å². The number of aliphatic hydroxyl groups excluding tert-OH is 2. The molecule has 0 amide bonds. The van der Waals surface area contributed by atoms with E-state index in [0.29, 0.717) is 24.7 Å². The molecule has 0 saturated carbocycles. The quantitative estimate of drug-likeness (QED) is 0.699. The van der Waals surface area contributed by atoms with Gasteiger partial charge in [-0.1, -0.05) is 54.6 Å². The van der Waals surface area contributed by atoms with Crippen molar-refractivity contribution in [3.05, 3.63) is 61.0 Å². The molecule has 0 radical (unpaired) electrons. The van der Waals surface area contributed by atoms with Gasteiger partial charge in [0.15, 0.2) is 18.0 Å². The standard InChI is InChI=1S/C19H20N2O3/c22-12-10-21(11-13-23)19-18(24-14-20-19)17-9-5-4-8-16(17)15-6-2-1-3-7-15/h1-9,14,22-23H,10-13H2. The zero-order valence-electron chi connectivity index (χ0n) is 13.3. The summed E-state index contributed by atoms with van der Waals surface area (Å²) in [5, 5.41) is 18.5. The third-order valence-electron chi connectivity index (χ3n) is 3.84. The minimum absolute atomic E-state index is 0.0212. The lowest BCUT2D eigenvalue weighted by atomic mass is 9.98. The maximum atomic E-state index is 9.27. The molecule has 0 spiro atoms. The summed E-state index contributed by atoms with van der Waals surface area (Å²) in [6.45, 7) is 0.723. The molecule has 0 atom stereocenters. The number of oxazole rings is 1. The van der Waals surface area contributed by atoms with E-state index in [9.17, 15) is 10.2 Å². The number of benzene rings is 2. The first-order valence-corrected chi connectivity index (χ1v) is 7.90. The van der Waals surface area contributed by atoms with Crippen LogP contribution in [-0.4, -0.2) is 41.5 Å². The second-order valence-corrected chi connectivity index (χ2v) is 5.35. The van der Waals surface area contributed by atoms with Gasteiger partial charge in [0.25, 0.3) is 0 Å². The molecule has 3 aromatic rings. The van der Waals surface area contributed by atoms with Crippen LogP contribution in [0.3, 0.4) is 0 Å². The van der Waals surface area contributed by atoms with E-state index in [1.807, 2.05) is 59.5 Å². The largest absolute Gasteiger partial charge is 0.441 e. The SMILES string of the molecule is OCCN(CCO)c1ncoc1-c1ccccc1-c1ccccc1. The monoisotopic (exact) mass is 324 g/mol. The third-order valence-corrected chi connectivity index (χ3v) is 3.84. The second-order valence-electron chi connectivity index (χ2n) is 5.35. The number of aliphatic hydroxyl groups is 2. The van der Waals surface area contributed by atoms with Crippen LogP contribution < -0.4 is 4.90 Å². The maximum absolute atomic E-state index is 9.27. The Balaban J connectivity index is 2.07. The molecule has 0 saturated heterocycles. The molecule has 0 aliphatic heterocycles. The minimum atomic E-state index is -0.0212. The van der Waals surface area contributed by atoms with E-state index in [1.54, 1.807) is 0 Å². The van der Waals surface area contributed by atoms with Gasteiger partial charge in [-0.2, -0.15) is 4.98 Å². The predicted octanol–water partition coefficient (Wildman–Crippen LogP) is 2.80. The van der Waals surface area contributed by atoms with Crippen molar-refractivity contribution < 1.29 is 14.6 Å². The van der Waals surface area contributed by atoms with Crippen LogP contribution >= 0.6 is 0 Å². The van der Waals surface area contributed by atoms with E-state index in [1.165, 1.54) is 6.39 Å². The highest BCUT2D eigenvalue weighted by Crippen LogP contribution is 2.36. The Morgan fingerprint density at radius 3 is 2.12 bits per heavy atom. The summed E-state index contributed by atoms with van der Waals surface area (Å²) in [6.07, 6.45) is 1.40. The van der Waals surface area contributed by atoms with Crippen LogP contribution in [0.15, 0.2) is 65.4 Å². The van der Waals surface area contributed by atoms with Crippen LogP contribution in [0.4, 0.5) is 5.82 Å². The molecule has 0 aliphatic rings. The third kappa shape index (κ3) is 3.32. The smallest absolute Gasteiger partial charge is 0.183 e. The molecule has 1 aromatic heterocycles. The van der Waals surface area contributed by atoms with Crippen LogP contribution in [0.2, 0.25) is 0 Å². The molecule has 5 nitrogen and oxygen atoms in total. The molecule has 0 fully saturated rings. The van der Waals surface area contributed by atoms with Gasteiger partial charge < -0.3 is 19.5 Å². The van der Waals surface area contributed by atoms with Gasteiger partial charge in [0.2, 0.25) is 0 Å². The fourth-order valence-corrected chi connectivity index (χ4v) is 2.77. The van der Waals surface area contributed by atoms with Gasteiger partial charge >= 0.3 is 0 Å². The van der Waals surface area contributed by atoms with Gasteiger partial charge in [-0.05, 0) is 11.1 Å². The number of hydrogen-bond acceptors (Lipinski definition) is 5. The molecule has 3 rings (SSSR count). The van der Waals surface area contributed by atoms with Crippen molar-refractivity contribution in [2.75, 3.05) is 31.2 Å². The van der Waals surface area contributed by atoms with Crippen LogP contribution in [-0.2, 0) is 0 Å². The van der Waals surface area contributed by atoms with Crippen molar-refractivity contribution in [2.24, 2.45) is 0 Å².